The van der Waals surface area contributed by atoms with E-state index in [1.807, 2.05) is 6.92 Å². The minimum Gasteiger partial charge on any atom is -0.390 e. The molecule has 2 fully saturated rings. The lowest BCUT2D eigenvalue weighted by molar-refractivity contribution is -0.143. The number of carbonyl (C=O) groups excluding carboxylic acids is 1. The fourth-order valence-corrected chi connectivity index (χ4v) is 4.49. The van der Waals surface area contributed by atoms with Gasteiger partial charge in [-0.05, 0) is 43.4 Å². The summed E-state index contributed by atoms with van der Waals surface area (Å²) in [7, 11) is 0. The molecular weight excluding hydrogens is 388 g/mol. The zero-order valence-corrected chi connectivity index (χ0v) is 15.2. The van der Waals surface area contributed by atoms with Crippen LogP contribution in [-0.2, 0) is 12.4 Å². The number of carbonyl (C=O) groups is 1. The third-order valence-electron chi connectivity index (χ3n) is 6.05. The summed E-state index contributed by atoms with van der Waals surface area (Å²) in [6, 6.07) is 0.938. The Balaban J connectivity index is 1.92. The van der Waals surface area contributed by atoms with Crippen molar-refractivity contribution in [3.8, 4) is 0 Å². The Morgan fingerprint density at radius 1 is 1.11 bits per heavy atom. The maximum absolute atomic E-state index is 13.0. The number of nitrogens with zero attached hydrogens (tertiary/aromatic N) is 1. The maximum Gasteiger partial charge on any atom is 0.416 e. The van der Waals surface area contributed by atoms with Crippen LogP contribution in [0.2, 0.25) is 0 Å². The molecule has 9 heteroatoms. The number of fused-ring (bicyclic) bond motifs is 1. The molecule has 1 N–H and O–H groups in total. The fourth-order valence-electron chi connectivity index (χ4n) is 4.49. The molecule has 2 aliphatic rings. The molecule has 1 saturated carbocycles. The second kappa shape index (κ2) is 6.93. The molecule has 1 aliphatic heterocycles. The predicted molar refractivity (Wildman–Crippen MR) is 88.4 cm³/mol. The van der Waals surface area contributed by atoms with Crippen LogP contribution < -0.4 is 0 Å². The van der Waals surface area contributed by atoms with Crippen molar-refractivity contribution < 1.29 is 36.2 Å². The maximum atomic E-state index is 13.0. The highest BCUT2D eigenvalue weighted by Crippen LogP contribution is 2.45. The van der Waals surface area contributed by atoms with E-state index in [2.05, 4.69) is 0 Å². The Morgan fingerprint density at radius 3 is 2.18 bits per heavy atom. The van der Waals surface area contributed by atoms with Gasteiger partial charge in [0, 0.05) is 24.6 Å². The van der Waals surface area contributed by atoms with Crippen molar-refractivity contribution in [2.45, 2.75) is 50.6 Å². The van der Waals surface area contributed by atoms with Crippen molar-refractivity contribution in [2.24, 2.45) is 11.8 Å². The summed E-state index contributed by atoms with van der Waals surface area (Å²) in [5.41, 5.74) is -4.61. The van der Waals surface area contributed by atoms with Crippen LogP contribution in [0.15, 0.2) is 18.2 Å². The van der Waals surface area contributed by atoms with Crippen LogP contribution in [0.5, 0.6) is 0 Å². The van der Waals surface area contributed by atoms with Gasteiger partial charge in [-0.3, -0.25) is 4.79 Å². The van der Waals surface area contributed by atoms with Crippen molar-refractivity contribution in [1.82, 2.24) is 4.90 Å². The highest BCUT2D eigenvalue weighted by atomic mass is 19.4. The Bertz CT molecular complexity index is 728. The molecule has 1 aliphatic carbocycles. The Morgan fingerprint density at radius 2 is 1.68 bits per heavy atom. The summed E-state index contributed by atoms with van der Waals surface area (Å²) in [5.74, 6) is -1.09. The van der Waals surface area contributed by atoms with E-state index in [0.717, 1.165) is 12.8 Å². The van der Waals surface area contributed by atoms with Crippen LogP contribution >= 0.6 is 0 Å². The van der Waals surface area contributed by atoms with Crippen LogP contribution in [0.1, 0.15) is 54.1 Å². The van der Waals surface area contributed by atoms with Crippen molar-refractivity contribution in [3.63, 3.8) is 0 Å². The lowest BCUT2D eigenvalue weighted by Crippen LogP contribution is -2.44. The molecule has 0 bridgehead atoms. The summed E-state index contributed by atoms with van der Waals surface area (Å²) in [6.45, 7) is 2.18. The number of benzene rings is 1. The number of alkyl halides is 6. The van der Waals surface area contributed by atoms with Crippen LogP contribution in [0, 0.1) is 11.8 Å². The fraction of sp³-hybridized carbons (Fsp3) is 0.632. The molecule has 1 aromatic rings. The van der Waals surface area contributed by atoms with E-state index in [-0.39, 0.29) is 31.0 Å². The zero-order valence-electron chi connectivity index (χ0n) is 15.2. The molecule has 1 heterocycles. The molecule has 0 spiro atoms. The van der Waals surface area contributed by atoms with Crippen molar-refractivity contribution in [3.05, 3.63) is 34.9 Å². The van der Waals surface area contributed by atoms with E-state index >= 15 is 0 Å². The second-order valence-electron chi connectivity index (χ2n) is 7.72. The number of hydrogen-bond donors (Lipinski definition) is 1. The Hall–Kier alpha value is -1.77. The van der Waals surface area contributed by atoms with Gasteiger partial charge in [-0.25, -0.2) is 0 Å². The van der Waals surface area contributed by atoms with Gasteiger partial charge in [-0.2, -0.15) is 26.3 Å². The molecular formula is C19H21F6NO2. The minimum atomic E-state index is -5.00. The average molecular weight is 409 g/mol. The van der Waals surface area contributed by atoms with Crippen LogP contribution in [0.25, 0.3) is 0 Å². The van der Waals surface area contributed by atoms with Gasteiger partial charge in [0.05, 0.1) is 16.7 Å². The molecule has 0 aromatic heterocycles. The van der Waals surface area contributed by atoms with E-state index < -0.39 is 40.6 Å². The van der Waals surface area contributed by atoms with Crippen LogP contribution in [-0.4, -0.2) is 34.6 Å². The highest BCUT2D eigenvalue weighted by Gasteiger charge is 2.49. The first-order valence-electron chi connectivity index (χ1n) is 9.16. The van der Waals surface area contributed by atoms with E-state index in [0.29, 0.717) is 25.0 Å². The number of halogens is 6. The van der Waals surface area contributed by atoms with Gasteiger partial charge >= 0.3 is 12.4 Å². The van der Waals surface area contributed by atoms with Gasteiger partial charge < -0.3 is 10.0 Å². The summed E-state index contributed by atoms with van der Waals surface area (Å²) in [4.78, 5) is 14.0. The normalized spacial score (nSPS) is 28.4. The van der Waals surface area contributed by atoms with Crippen molar-refractivity contribution >= 4 is 5.91 Å². The predicted octanol–water partition coefficient (Wildman–Crippen LogP) is 4.74. The van der Waals surface area contributed by atoms with Gasteiger partial charge in [0.1, 0.15) is 0 Å². The third kappa shape index (κ3) is 3.86. The summed E-state index contributed by atoms with van der Waals surface area (Å²) in [6.07, 6.45) is -7.40. The first kappa shape index (κ1) is 21.0. The molecule has 0 radical (unpaired) electrons. The SMILES string of the molecule is CC[C@@]1(O)CCC[C@@H]2CN(C(=O)c3cc(C(F)(F)F)cc(C(F)(F)F)c3)C[C@@H]21. The number of rotatable bonds is 2. The lowest BCUT2D eigenvalue weighted by Gasteiger charge is -2.40. The summed E-state index contributed by atoms with van der Waals surface area (Å²) >= 11 is 0. The molecule has 0 unspecified atom stereocenters. The van der Waals surface area contributed by atoms with E-state index in [4.69, 9.17) is 0 Å². The third-order valence-corrected chi connectivity index (χ3v) is 6.05. The molecule has 3 rings (SSSR count). The number of aliphatic hydroxyl groups is 1. The Labute approximate surface area is 158 Å². The number of hydrogen-bond acceptors (Lipinski definition) is 2. The molecule has 3 nitrogen and oxygen atoms in total. The van der Waals surface area contributed by atoms with Crippen LogP contribution in [0.4, 0.5) is 26.3 Å². The minimum absolute atomic E-state index is 0.00413. The van der Waals surface area contributed by atoms with E-state index in [9.17, 15) is 36.2 Å². The Kier molecular flexibility index (Phi) is 5.19. The first-order chi connectivity index (χ1) is 12.8. The first-order valence-corrected chi connectivity index (χ1v) is 9.16. The van der Waals surface area contributed by atoms with Gasteiger partial charge in [0.2, 0.25) is 0 Å². The molecule has 28 heavy (non-hydrogen) atoms. The second-order valence-corrected chi connectivity index (χ2v) is 7.72. The smallest absolute Gasteiger partial charge is 0.390 e. The van der Waals surface area contributed by atoms with Crippen molar-refractivity contribution in [2.75, 3.05) is 13.1 Å². The molecule has 156 valence electrons. The largest absolute Gasteiger partial charge is 0.416 e. The molecule has 3 atom stereocenters. The van der Waals surface area contributed by atoms with Gasteiger partial charge in [0.25, 0.3) is 5.91 Å². The number of amides is 1. The summed E-state index contributed by atoms with van der Waals surface area (Å²) < 4.78 is 78.2. The molecule has 1 amide bonds. The summed E-state index contributed by atoms with van der Waals surface area (Å²) in [5, 5.41) is 10.8. The molecule has 1 saturated heterocycles. The monoisotopic (exact) mass is 409 g/mol. The number of likely N-dealkylation sites (tertiary alicyclic amines) is 1. The van der Waals surface area contributed by atoms with Gasteiger partial charge in [-0.15, -0.1) is 0 Å². The topological polar surface area (TPSA) is 40.5 Å². The zero-order chi connectivity index (χ0) is 20.9. The van der Waals surface area contributed by atoms with Crippen molar-refractivity contribution in [1.29, 1.82) is 0 Å². The van der Waals surface area contributed by atoms with Gasteiger partial charge in [0.15, 0.2) is 0 Å². The van der Waals surface area contributed by atoms with Gasteiger partial charge in [-0.1, -0.05) is 13.3 Å². The lowest BCUT2D eigenvalue weighted by atomic mass is 9.69. The standard InChI is InChI=1S/C19H21F6NO2/c1-2-17(28)5-3-4-11-9-26(10-15(11)17)16(27)12-6-13(18(20,21)22)8-14(7-12)19(23,24)25/h6-8,11,15,28H,2-5,9-10H2,1H3/t11-,15+,17-/m1/s1. The molecule has 1 aromatic carbocycles. The average Bonchev–Trinajstić information content (AvgIpc) is 3.05. The van der Waals surface area contributed by atoms with E-state index in [1.54, 1.807) is 0 Å². The highest BCUT2D eigenvalue weighted by molar-refractivity contribution is 5.95. The van der Waals surface area contributed by atoms with E-state index in [1.165, 1.54) is 4.90 Å². The van der Waals surface area contributed by atoms with Crippen LogP contribution in [0.3, 0.4) is 0 Å². The quantitative estimate of drug-likeness (QED) is 0.717.